The summed E-state index contributed by atoms with van der Waals surface area (Å²) in [5.41, 5.74) is 1.01. The molecule has 7 heteroatoms. The molecule has 0 spiro atoms. The first-order chi connectivity index (χ1) is 11.9. The molecule has 1 N–H and O–H groups in total. The molecule has 0 bridgehead atoms. The molecule has 0 aromatic heterocycles. The molecule has 1 aromatic carbocycles. The van der Waals surface area contributed by atoms with E-state index in [1.807, 2.05) is 12.1 Å². The third-order valence-corrected chi connectivity index (χ3v) is 4.71. The Morgan fingerprint density at radius 3 is 2.60 bits per heavy atom. The lowest BCUT2D eigenvalue weighted by molar-refractivity contribution is -0.147. The van der Waals surface area contributed by atoms with Gasteiger partial charge in [-0.05, 0) is 37.0 Å². The maximum Gasteiger partial charge on any atom is 0.308 e. The first kappa shape index (κ1) is 19.2. The predicted molar refractivity (Wildman–Crippen MR) is 94.3 cm³/mol. The normalized spacial score (nSPS) is 17.2. The van der Waals surface area contributed by atoms with Crippen molar-refractivity contribution in [1.29, 1.82) is 0 Å². The summed E-state index contributed by atoms with van der Waals surface area (Å²) in [6.07, 6.45) is 2.16. The molecule has 1 heterocycles. The summed E-state index contributed by atoms with van der Waals surface area (Å²) in [5.74, 6) is -1.70. The molecular weight excluding hydrogens is 344 g/mol. The number of aryl methyl sites for hydroxylation is 1. The molecule has 1 unspecified atom stereocenters. The van der Waals surface area contributed by atoms with Crippen LogP contribution in [0.2, 0.25) is 5.02 Å². The zero-order chi connectivity index (χ0) is 18.4. The smallest absolute Gasteiger partial charge is 0.308 e. The highest BCUT2D eigenvalue weighted by Crippen LogP contribution is 2.17. The quantitative estimate of drug-likeness (QED) is 0.835. The number of benzene rings is 1. The molecule has 1 atom stereocenters. The van der Waals surface area contributed by atoms with Crippen LogP contribution in [0.1, 0.15) is 24.8 Å². The number of hydrogen-bond donors (Lipinski definition) is 1. The van der Waals surface area contributed by atoms with Crippen molar-refractivity contribution in [3.63, 3.8) is 0 Å². The Morgan fingerprint density at radius 2 is 1.96 bits per heavy atom. The van der Waals surface area contributed by atoms with Gasteiger partial charge >= 0.3 is 5.97 Å². The van der Waals surface area contributed by atoms with E-state index in [0.29, 0.717) is 37.3 Å². The number of carbonyl (C=O) groups is 3. The molecule has 2 rings (SSSR count). The van der Waals surface area contributed by atoms with Crippen LogP contribution in [-0.2, 0) is 20.8 Å². The van der Waals surface area contributed by atoms with E-state index in [1.165, 1.54) is 4.90 Å². The van der Waals surface area contributed by atoms with Gasteiger partial charge in [-0.3, -0.25) is 14.4 Å². The van der Waals surface area contributed by atoms with Crippen LogP contribution >= 0.6 is 11.6 Å². The Morgan fingerprint density at radius 1 is 1.28 bits per heavy atom. The number of aliphatic carboxylic acids is 1. The topological polar surface area (TPSA) is 77.9 Å². The first-order valence-corrected chi connectivity index (χ1v) is 8.73. The van der Waals surface area contributed by atoms with Crippen molar-refractivity contribution < 1.29 is 19.5 Å². The standard InChI is InChI=1S/C18H23ClN2O4/c1-20(16(22)9-6-13-4-7-15(19)8-5-13)12-17(23)21-10-2-3-14(11-21)18(24)25/h4-5,7-8,14H,2-3,6,9-12H2,1H3,(H,24,25). The van der Waals surface area contributed by atoms with Crippen LogP contribution in [-0.4, -0.2) is 59.4 Å². The second kappa shape index (κ2) is 8.85. The number of likely N-dealkylation sites (N-methyl/N-ethyl adjacent to an activating group) is 1. The van der Waals surface area contributed by atoms with Gasteiger partial charge in [-0.2, -0.15) is 0 Å². The maximum absolute atomic E-state index is 12.3. The fraction of sp³-hybridized carbons (Fsp3) is 0.500. The summed E-state index contributed by atoms with van der Waals surface area (Å²) in [5, 5.41) is 9.74. The Kier molecular flexibility index (Phi) is 6.82. The molecular formula is C18H23ClN2O4. The largest absolute Gasteiger partial charge is 0.481 e. The number of rotatable bonds is 6. The van der Waals surface area contributed by atoms with Crippen molar-refractivity contribution in [3.05, 3.63) is 34.9 Å². The Hall–Kier alpha value is -2.08. The summed E-state index contributed by atoms with van der Waals surface area (Å²) in [6, 6.07) is 7.31. The van der Waals surface area contributed by atoms with Gasteiger partial charge < -0.3 is 14.9 Å². The van der Waals surface area contributed by atoms with E-state index in [4.69, 9.17) is 16.7 Å². The van der Waals surface area contributed by atoms with Crippen LogP contribution in [0, 0.1) is 5.92 Å². The van der Waals surface area contributed by atoms with Crippen LogP contribution in [0.5, 0.6) is 0 Å². The van der Waals surface area contributed by atoms with E-state index in [9.17, 15) is 14.4 Å². The Bertz CT molecular complexity index is 632. The third-order valence-electron chi connectivity index (χ3n) is 4.46. The average molecular weight is 367 g/mol. The minimum absolute atomic E-state index is 0.0220. The average Bonchev–Trinajstić information content (AvgIpc) is 2.60. The van der Waals surface area contributed by atoms with Crippen LogP contribution in [0.4, 0.5) is 0 Å². The van der Waals surface area contributed by atoms with Crippen molar-refractivity contribution in [3.8, 4) is 0 Å². The number of carboxylic acid groups (broad SMARTS) is 1. The number of amides is 2. The molecule has 2 amide bonds. The van der Waals surface area contributed by atoms with Crippen molar-refractivity contribution in [1.82, 2.24) is 9.80 Å². The van der Waals surface area contributed by atoms with Gasteiger partial charge in [0.15, 0.2) is 0 Å². The summed E-state index contributed by atoms with van der Waals surface area (Å²) in [6.45, 7) is 0.752. The van der Waals surface area contributed by atoms with Crippen molar-refractivity contribution in [2.45, 2.75) is 25.7 Å². The number of likely N-dealkylation sites (tertiary alicyclic amines) is 1. The van der Waals surface area contributed by atoms with Gasteiger partial charge in [-0.15, -0.1) is 0 Å². The van der Waals surface area contributed by atoms with Gasteiger partial charge in [-0.25, -0.2) is 0 Å². The van der Waals surface area contributed by atoms with Crippen LogP contribution < -0.4 is 0 Å². The molecule has 1 aliphatic rings. The highest BCUT2D eigenvalue weighted by molar-refractivity contribution is 6.30. The van der Waals surface area contributed by atoms with Crippen LogP contribution in [0.3, 0.4) is 0 Å². The van der Waals surface area contributed by atoms with Crippen molar-refractivity contribution in [2.24, 2.45) is 5.92 Å². The number of hydrogen-bond acceptors (Lipinski definition) is 3. The van der Waals surface area contributed by atoms with E-state index in [2.05, 4.69) is 0 Å². The fourth-order valence-electron chi connectivity index (χ4n) is 2.89. The molecule has 1 fully saturated rings. The number of carboxylic acids is 1. The minimum atomic E-state index is -0.870. The number of nitrogens with zero attached hydrogens (tertiary/aromatic N) is 2. The maximum atomic E-state index is 12.3. The molecule has 1 aromatic rings. The van der Waals surface area contributed by atoms with Gasteiger partial charge in [-0.1, -0.05) is 23.7 Å². The Balaban J connectivity index is 1.80. The second-order valence-electron chi connectivity index (χ2n) is 6.39. The van der Waals surface area contributed by atoms with Crippen LogP contribution in [0.15, 0.2) is 24.3 Å². The van der Waals surface area contributed by atoms with E-state index in [-0.39, 0.29) is 24.9 Å². The summed E-state index contributed by atoms with van der Waals surface area (Å²) in [4.78, 5) is 38.6. The van der Waals surface area contributed by atoms with Gasteiger partial charge in [0, 0.05) is 31.6 Å². The predicted octanol–water partition coefficient (Wildman–Crippen LogP) is 2.05. The van der Waals surface area contributed by atoms with Crippen molar-refractivity contribution >= 4 is 29.4 Å². The Labute approximate surface area is 152 Å². The van der Waals surface area contributed by atoms with Gasteiger partial charge in [0.1, 0.15) is 0 Å². The summed E-state index contributed by atoms with van der Waals surface area (Å²) in [7, 11) is 1.60. The fourth-order valence-corrected chi connectivity index (χ4v) is 3.02. The third kappa shape index (κ3) is 5.74. The lowest BCUT2D eigenvalue weighted by Crippen LogP contribution is -2.46. The molecule has 0 aliphatic carbocycles. The van der Waals surface area contributed by atoms with E-state index >= 15 is 0 Å². The number of piperidine rings is 1. The van der Waals surface area contributed by atoms with Crippen molar-refractivity contribution in [2.75, 3.05) is 26.7 Å². The monoisotopic (exact) mass is 366 g/mol. The van der Waals surface area contributed by atoms with Gasteiger partial charge in [0.25, 0.3) is 0 Å². The molecule has 6 nitrogen and oxygen atoms in total. The molecule has 136 valence electrons. The molecule has 0 radical (unpaired) electrons. The lowest BCUT2D eigenvalue weighted by Gasteiger charge is -2.32. The lowest BCUT2D eigenvalue weighted by atomic mass is 9.98. The highest BCUT2D eigenvalue weighted by atomic mass is 35.5. The SMILES string of the molecule is CN(CC(=O)N1CCCC(C(=O)O)C1)C(=O)CCc1ccc(Cl)cc1. The minimum Gasteiger partial charge on any atom is -0.481 e. The van der Waals surface area contributed by atoms with E-state index < -0.39 is 11.9 Å². The van der Waals surface area contributed by atoms with E-state index in [0.717, 1.165) is 5.56 Å². The van der Waals surface area contributed by atoms with Crippen LogP contribution in [0.25, 0.3) is 0 Å². The number of halogens is 1. The number of carbonyl (C=O) groups excluding carboxylic acids is 2. The zero-order valence-corrected chi connectivity index (χ0v) is 15.0. The van der Waals surface area contributed by atoms with Gasteiger partial charge in [0.2, 0.25) is 11.8 Å². The molecule has 1 saturated heterocycles. The zero-order valence-electron chi connectivity index (χ0n) is 14.3. The van der Waals surface area contributed by atoms with Gasteiger partial charge in [0.05, 0.1) is 12.5 Å². The highest BCUT2D eigenvalue weighted by Gasteiger charge is 2.28. The molecule has 25 heavy (non-hydrogen) atoms. The molecule has 0 saturated carbocycles. The summed E-state index contributed by atoms with van der Waals surface area (Å²) >= 11 is 5.83. The first-order valence-electron chi connectivity index (χ1n) is 8.36. The second-order valence-corrected chi connectivity index (χ2v) is 6.83. The summed E-state index contributed by atoms with van der Waals surface area (Å²) < 4.78 is 0. The molecule has 1 aliphatic heterocycles. The van der Waals surface area contributed by atoms with E-state index in [1.54, 1.807) is 24.1 Å².